The number of amides is 1. The largest absolute Gasteiger partial charge is 0.370 e. The molecule has 2 saturated heterocycles. The molecule has 5 nitrogen and oxygen atoms in total. The standard InChI is InChI=1S/C24H31ClFN3O2S/c1-27(2)19-11-12-29(16-19)32(3,26)20-9-10-21(22(25)15-20)24(30)28-13-14-31-23(17-28)18-7-5-4-6-8-18/h4-10,15,19,23H,11-14,16-17H2,1-3H3. The summed E-state index contributed by atoms with van der Waals surface area (Å²) in [6.45, 7) is 2.86. The molecule has 3 unspecified atom stereocenters. The van der Waals surface area contributed by atoms with Gasteiger partial charge in [0.25, 0.3) is 5.91 Å². The Hall–Kier alpha value is -1.64. The van der Waals surface area contributed by atoms with Crippen molar-refractivity contribution in [2.75, 3.05) is 53.1 Å². The summed E-state index contributed by atoms with van der Waals surface area (Å²) in [5.74, 6) is -0.143. The molecule has 0 bridgehead atoms. The molecule has 0 spiro atoms. The number of nitrogens with zero attached hydrogens (tertiary/aromatic N) is 3. The van der Waals surface area contributed by atoms with Crippen LogP contribution in [0, 0.1) is 0 Å². The number of hydrogen-bond donors (Lipinski definition) is 0. The smallest absolute Gasteiger partial charge is 0.255 e. The Labute approximate surface area is 196 Å². The van der Waals surface area contributed by atoms with Gasteiger partial charge in [0.1, 0.15) is 6.10 Å². The number of morpholine rings is 1. The fraction of sp³-hybridized carbons (Fsp3) is 0.458. The summed E-state index contributed by atoms with van der Waals surface area (Å²) in [6.07, 6.45) is 2.44. The van der Waals surface area contributed by atoms with E-state index >= 15 is 3.89 Å². The maximum absolute atomic E-state index is 15.9. The van der Waals surface area contributed by atoms with Gasteiger partial charge < -0.3 is 14.5 Å². The third-order valence-electron chi connectivity index (χ3n) is 6.47. The van der Waals surface area contributed by atoms with Crippen molar-refractivity contribution in [1.29, 1.82) is 0 Å². The van der Waals surface area contributed by atoms with Gasteiger partial charge in [0.05, 0.1) is 23.7 Å². The predicted molar refractivity (Wildman–Crippen MR) is 129 cm³/mol. The summed E-state index contributed by atoms with van der Waals surface area (Å²) in [4.78, 5) is 17.7. The number of hydrogen-bond acceptors (Lipinski definition) is 4. The first-order valence-electron chi connectivity index (χ1n) is 10.9. The zero-order chi connectivity index (χ0) is 22.9. The monoisotopic (exact) mass is 479 g/mol. The van der Waals surface area contributed by atoms with Crippen molar-refractivity contribution >= 4 is 28.1 Å². The summed E-state index contributed by atoms with van der Waals surface area (Å²) in [5, 5.41) is 0.301. The average molecular weight is 480 g/mol. The van der Waals surface area contributed by atoms with E-state index in [4.69, 9.17) is 16.3 Å². The Morgan fingerprint density at radius 1 is 1.16 bits per heavy atom. The number of carbonyl (C=O) groups excluding carboxylic acids is 1. The summed E-state index contributed by atoms with van der Waals surface area (Å²) in [5.41, 5.74) is 1.46. The Kier molecular flexibility index (Phi) is 7.12. The lowest BCUT2D eigenvalue weighted by Gasteiger charge is -2.37. The zero-order valence-corrected chi connectivity index (χ0v) is 20.4. The third-order valence-corrected chi connectivity index (χ3v) is 9.20. The molecular formula is C24H31ClFN3O2S. The molecule has 2 fully saturated rings. The first-order chi connectivity index (χ1) is 15.3. The molecule has 2 aromatic rings. The number of likely N-dealkylation sites (N-methyl/N-ethyl adjacent to an activating group) is 1. The van der Waals surface area contributed by atoms with E-state index in [2.05, 4.69) is 4.90 Å². The highest BCUT2D eigenvalue weighted by molar-refractivity contribution is 8.27. The topological polar surface area (TPSA) is 36.0 Å². The molecule has 0 aliphatic carbocycles. The quantitative estimate of drug-likeness (QED) is 0.618. The van der Waals surface area contributed by atoms with E-state index in [1.54, 1.807) is 29.4 Å². The van der Waals surface area contributed by atoms with Crippen molar-refractivity contribution in [3.8, 4) is 0 Å². The van der Waals surface area contributed by atoms with Gasteiger partial charge in [-0.25, -0.2) is 4.31 Å². The number of halogens is 2. The molecule has 2 aliphatic rings. The molecular weight excluding hydrogens is 449 g/mol. The maximum Gasteiger partial charge on any atom is 0.255 e. The first kappa shape index (κ1) is 23.5. The van der Waals surface area contributed by atoms with Crippen molar-refractivity contribution < 1.29 is 13.4 Å². The van der Waals surface area contributed by atoms with Gasteiger partial charge in [-0.3, -0.25) is 4.79 Å². The van der Waals surface area contributed by atoms with Gasteiger partial charge in [0.15, 0.2) is 0 Å². The lowest BCUT2D eigenvalue weighted by atomic mass is 10.1. The van der Waals surface area contributed by atoms with Gasteiger partial charge in [0, 0.05) is 36.8 Å². The molecule has 0 saturated carbocycles. The van der Waals surface area contributed by atoms with Crippen LogP contribution in [-0.2, 0) is 4.74 Å². The molecule has 2 heterocycles. The Morgan fingerprint density at radius 2 is 1.91 bits per heavy atom. The van der Waals surface area contributed by atoms with Crippen LogP contribution in [0.5, 0.6) is 0 Å². The first-order valence-corrected chi connectivity index (χ1v) is 13.2. The highest BCUT2D eigenvalue weighted by Crippen LogP contribution is 2.59. The molecule has 0 N–H and O–H groups in total. The molecule has 0 radical (unpaired) electrons. The van der Waals surface area contributed by atoms with E-state index in [-0.39, 0.29) is 12.0 Å². The molecule has 32 heavy (non-hydrogen) atoms. The van der Waals surface area contributed by atoms with Gasteiger partial charge in [-0.15, -0.1) is 0 Å². The maximum atomic E-state index is 15.9. The molecule has 4 rings (SSSR count). The second-order valence-corrected chi connectivity index (χ2v) is 11.7. The predicted octanol–water partition coefficient (Wildman–Crippen LogP) is 4.78. The van der Waals surface area contributed by atoms with Crippen molar-refractivity contribution in [2.24, 2.45) is 0 Å². The van der Waals surface area contributed by atoms with Gasteiger partial charge in [-0.05, 0) is 54.9 Å². The molecule has 2 aliphatic heterocycles. The molecule has 2 aromatic carbocycles. The number of rotatable bonds is 5. The highest BCUT2D eigenvalue weighted by Gasteiger charge is 2.36. The van der Waals surface area contributed by atoms with E-state index in [0.717, 1.165) is 18.5 Å². The van der Waals surface area contributed by atoms with Gasteiger partial charge in [-0.1, -0.05) is 41.9 Å². The minimum atomic E-state index is -2.66. The van der Waals surface area contributed by atoms with E-state index in [1.807, 2.05) is 48.7 Å². The minimum absolute atomic E-state index is 0.143. The van der Waals surface area contributed by atoms with Crippen LogP contribution in [0.4, 0.5) is 3.89 Å². The van der Waals surface area contributed by atoms with Gasteiger partial charge >= 0.3 is 0 Å². The fourth-order valence-electron chi connectivity index (χ4n) is 4.37. The number of carbonyl (C=O) groups is 1. The normalized spacial score (nSPS) is 25.0. The third kappa shape index (κ3) is 4.82. The highest BCUT2D eigenvalue weighted by atomic mass is 35.5. The fourth-order valence-corrected chi connectivity index (χ4v) is 6.54. The number of benzene rings is 2. The second kappa shape index (κ2) is 9.69. The Bertz CT molecular complexity index is 960. The van der Waals surface area contributed by atoms with Crippen LogP contribution in [-0.4, -0.2) is 79.2 Å². The van der Waals surface area contributed by atoms with E-state index < -0.39 is 10.6 Å². The lowest BCUT2D eigenvalue weighted by Crippen LogP contribution is -2.42. The van der Waals surface area contributed by atoms with E-state index in [1.165, 1.54) is 0 Å². The minimum Gasteiger partial charge on any atom is -0.370 e. The van der Waals surface area contributed by atoms with Crippen molar-refractivity contribution in [3.63, 3.8) is 0 Å². The molecule has 1 amide bonds. The lowest BCUT2D eigenvalue weighted by molar-refractivity contribution is -0.0228. The van der Waals surface area contributed by atoms with Gasteiger partial charge in [-0.2, -0.15) is 3.89 Å². The van der Waals surface area contributed by atoms with Crippen molar-refractivity contribution in [3.05, 3.63) is 64.7 Å². The summed E-state index contributed by atoms with van der Waals surface area (Å²) in [7, 11) is 1.40. The molecule has 174 valence electrons. The van der Waals surface area contributed by atoms with Crippen LogP contribution in [0.3, 0.4) is 0 Å². The van der Waals surface area contributed by atoms with Crippen LogP contribution in [0.25, 0.3) is 0 Å². The Balaban J connectivity index is 1.49. The van der Waals surface area contributed by atoms with Gasteiger partial charge in [0.2, 0.25) is 0 Å². The second-order valence-electron chi connectivity index (χ2n) is 8.74. The zero-order valence-electron chi connectivity index (χ0n) is 18.8. The van der Waals surface area contributed by atoms with E-state index in [9.17, 15) is 4.79 Å². The van der Waals surface area contributed by atoms with Crippen LogP contribution >= 0.6 is 22.2 Å². The van der Waals surface area contributed by atoms with Crippen molar-refractivity contribution in [1.82, 2.24) is 14.1 Å². The average Bonchev–Trinajstić information content (AvgIpc) is 3.31. The summed E-state index contributed by atoms with van der Waals surface area (Å²) >= 11 is 6.53. The molecule has 0 aromatic heterocycles. The van der Waals surface area contributed by atoms with Crippen LogP contribution in [0.2, 0.25) is 5.02 Å². The summed E-state index contributed by atoms with van der Waals surface area (Å²) < 4.78 is 23.7. The summed E-state index contributed by atoms with van der Waals surface area (Å²) in [6, 6.07) is 15.3. The van der Waals surface area contributed by atoms with Crippen molar-refractivity contribution in [2.45, 2.75) is 23.5 Å². The Morgan fingerprint density at radius 3 is 2.56 bits per heavy atom. The molecule has 8 heteroatoms. The van der Waals surface area contributed by atoms with Crippen LogP contribution < -0.4 is 0 Å². The van der Waals surface area contributed by atoms with E-state index in [0.29, 0.717) is 47.8 Å². The number of ether oxygens (including phenoxy) is 1. The van der Waals surface area contributed by atoms with Crippen LogP contribution in [0.15, 0.2) is 53.4 Å². The molecule has 3 atom stereocenters. The van der Waals surface area contributed by atoms with Crippen LogP contribution in [0.1, 0.15) is 28.4 Å². The SMILES string of the molecule is CN(C)C1CCN(S(C)(F)c2ccc(C(=O)N3CCOC(c4ccccc4)C3)c(Cl)c2)C1.